The SMILES string of the molecule is C[C@H](NC(=O)C(C)(N)C1CC1)c1ccncc1. The lowest BCUT2D eigenvalue weighted by molar-refractivity contribution is -0.127. The van der Waals surface area contributed by atoms with Crippen LogP contribution in [-0.4, -0.2) is 16.4 Å². The Bertz CT molecular complexity index is 398. The van der Waals surface area contributed by atoms with Crippen LogP contribution in [0, 0.1) is 5.92 Å². The summed E-state index contributed by atoms with van der Waals surface area (Å²) < 4.78 is 0. The summed E-state index contributed by atoms with van der Waals surface area (Å²) in [5.74, 6) is 0.274. The molecule has 17 heavy (non-hydrogen) atoms. The second-order valence-corrected chi connectivity index (χ2v) is 5.03. The normalized spacial score (nSPS) is 20.4. The van der Waals surface area contributed by atoms with Crippen molar-refractivity contribution in [3.63, 3.8) is 0 Å². The summed E-state index contributed by atoms with van der Waals surface area (Å²) in [5.41, 5.74) is 6.37. The predicted molar refractivity (Wildman–Crippen MR) is 66.1 cm³/mol. The fraction of sp³-hybridized carbons (Fsp3) is 0.538. The number of nitrogens with two attached hydrogens (primary N) is 1. The molecule has 1 unspecified atom stereocenters. The largest absolute Gasteiger partial charge is 0.348 e. The summed E-state index contributed by atoms with van der Waals surface area (Å²) in [6.45, 7) is 3.77. The number of carbonyl (C=O) groups is 1. The zero-order valence-electron chi connectivity index (χ0n) is 10.3. The second-order valence-electron chi connectivity index (χ2n) is 5.03. The number of nitrogens with zero attached hydrogens (tertiary/aromatic N) is 1. The zero-order chi connectivity index (χ0) is 12.5. The Morgan fingerprint density at radius 2 is 2.12 bits per heavy atom. The van der Waals surface area contributed by atoms with Crippen LogP contribution in [0.1, 0.15) is 38.3 Å². The van der Waals surface area contributed by atoms with E-state index in [1.165, 1.54) is 0 Å². The van der Waals surface area contributed by atoms with Crippen molar-refractivity contribution in [3.05, 3.63) is 30.1 Å². The van der Waals surface area contributed by atoms with Gasteiger partial charge >= 0.3 is 0 Å². The molecule has 2 atom stereocenters. The first kappa shape index (κ1) is 12.0. The Morgan fingerprint density at radius 1 is 1.53 bits per heavy atom. The zero-order valence-corrected chi connectivity index (χ0v) is 10.3. The second kappa shape index (κ2) is 4.45. The third kappa shape index (κ3) is 2.64. The van der Waals surface area contributed by atoms with Gasteiger partial charge in [-0.3, -0.25) is 9.78 Å². The van der Waals surface area contributed by atoms with Crippen LogP contribution in [0.3, 0.4) is 0 Å². The smallest absolute Gasteiger partial charge is 0.240 e. The molecule has 1 heterocycles. The quantitative estimate of drug-likeness (QED) is 0.825. The number of nitrogens with one attached hydrogen (secondary N) is 1. The summed E-state index contributed by atoms with van der Waals surface area (Å²) in [6, 6.07) is 3.76. The minimum Gasteiger partial charge on any atom is -0.348 e. The molecule has 0 aliphatic heterocycles. The summed E-state index contributed by atoms with van der Waals surface area (Å²) in [4.78, 5) is 16.0. The highest BCUT2D eigenvalue weighted by atomic mass is 16.2. The van der Waals surface area contributed by atoms with Crippen LogP contribution in [-0.2, 0) is 4.79 Å². The highest BCUT2D eigenvalue weighted by Crippen LogP contribution is 2.38. The van der Waals surface area contributed by atoms with Crippen molar-refractivity contribution in [3.8, 4) is 0 Å². The third-order valence-electron chi connectivity index (χ3n) is 3.47. The van der Waals surface area contributed by atoms with Gasteiger partial charge in [-0.25, -0.2) is 0 Å². The maximum atomic E-state index is 12.1. The lowest BCUT2D eigenvalue weighted by Crippen LogP contribution is -2.53. The van der Waals surface area contributed by atoms with E-state index >= 15 is 0 Å². The molecule has 0 radical (unpaired) electrons. The molecule has 0 saturated heterocycles. The minimum atomic E-state index is -0.735. The molecule has 0 aromatic carbocycles. The van der Waals surface area contributed by atoms with Crippen molar-refractivity contribution in [1.29, 1.82) is 0 Å². The average Bonchev–Trinajstić information content (AvgIpc) is 3.14. The summed E-state index contributed by atoms with van der Waals surface area (Å²) in [7, 11) is 0. The van der Waals surface area contributed by atoms with Crippen LogP contribution >= 0.6 is 0 Å². The van der Waals surface area contributed by atoms with E-state index in [0.29, 0.717) is 5.92 Å². The molecular formula is C13H19N3O. The molecule has 1 aliphatic rings. The molecule has 1 aliphatic carbocycles. The molecule has 92 valence electrons. The molecule has 1 fully saturated rings. The van der Waals surface area contributed by atoms with Crippen molar-refractivity contribution < 1.29 is 4.79 Å². The Morgan fingerprint density at radius 3 is 2.65 bits per heavy atom. The first-order valence-electron chi connectivity index (χ1n) is 6.01. The Balaban J connectivity index is 1.99. The van der Waals surface area contributed by atoms with Gasteiger partial charge in [0, 0.05) is 12.4 Å². The van der Waals surface area contributed by atoms with Crippen LogP contribution < -0.4 is 11.1 Å². The van der Waals surface area contributed by atoms with E-state index in [2.05, 4.69) is 10.3 Å². The third-order valence-corrected chi connectivity index (χ3v) is 3.47. The molecule has 0 bridgehead atoms. The van der Waals surface area contributed by atoms with E-state index in [-0.39, 0.29) is 11.9 Å². The van der Waals surface area contributed by atoms with Gasteiger partial charge in [0.05, 0.1) is 11.6 Å². The first-order valence-corrected chi connectivity index (χ1v) is 6.01. The fourth-order valence-corrected chi connectivity index (χ4v) is 1.96. The Kier molecular flexibility index (Phi) is 3.15. The molecule has 1 amide bonds. The van der Waals surface area contributed by atoms with Crippen molar-refractivity contribution in [2.24, 2.45) is 11.7 Å². The van der Waals surface area contributed by atoms with Crippen molar-refractivity contribution >= 4 is 5.91 Å². The molecule has 0 spiro atoms. The van der Waals surface area contributed by atoms with E-state index in [0.717, 1.165) is 18.4 Å². The van der Waals surface area contributed by atoms with E-state index in [1.54, 1.807) is 12.4 Å². The standard InChI is InChI=1S/C13H19N3O/c1-9(10-5-7-15-8-6-10)16-12(17)13(2,14)11-3-4-11/h5-9,11H,3-4,14H2,1-2H3,(H,16,17)/t9-,13?/m0/s1. The maximum Gasteiger partial charge on any atom is 0.240 e. The van der Waals surface area contributed by atoms with Crippen LogP contribution in [0.2, 0.25) is 0 Å². The number of aromatic nitrogens is 1. The molecule has 1 aromatic heterocycles. The number of carbonyl (C=O) groups excluding carboxylic acids is 1. The molecule has 2 rings (SSSR count). The molecule has 1 aromatic rings. The van der Waals surface area contributed by atoms with Crippen LogP contribution in [0.5, 0.6) is 0 Å². The lowest BCUT2D eigenvalue weighted by atomic mass is 9.95. The van der Waals surface area contributed by atoms with Gasteiger partial charge in [-0.15, -0.1) is 0 Å². The number of pyridine rings is 1. The summed E-state index contributed by atoms with van der Waals surface area (Å²) in [6.07, 6.45) is 5.56. The van der Waals surface area contributed by atoms with E-state index in [1.807, 2.05) is 26.0 Å². The number of hydrogen-bond acceptors (Lipinski definition) is 3. The Hall–Kier alpha value is -1.42. The summed E-state index contributed by atoms with van der Waals surface area (Å²) in [5, 5.41) is 2.97. The van der Waals surface area contributed by atoms with E-state index < -0.39 is 5.54 Å². The van der Waals surface area contributed by atoms with Crippen molar-refractivity contribution in [2.75, 3.05) is 0 Å². The van der Waals surface area contributed by atoms with Crippen LogP contribution in [0.15, 0.2) is 24.5 Å². The van der Waals surface area contributed by atoms with Crippen LogP contribution in [0.25, 0.3) is 0 Å². The molecule has 4 nitrogen and oxygen atoms in total. The van der Waals surface area contributed by atoms with Gasteiger partial charge in [0.25, 0.3) is 0 Å². The Labute approximate surface area is 102 Å². The number of amides is 1. The summed E-state index contributed by atoms with van der Waals surface area (Å²) >= 11 is 0. The first-order chi connectivity index (χ1) is 8.01. The topological polar surface area (TPSA) is 68.0 Å². The van der Waals surface area contributed by atoms with Gasteiger partial charge in [-0.2, -0.15) is 0 Å². The average molecular weight is 233 g/mol. The van der Waals surface area contributed by atoms with Gasteiger partial charge in [-0.1, -0.05) is 0 Å². The van der Waals surface area contributed by atoms with Crippen molar-refractivity contribution in [1.82, 2.24) is 10.3 Å². The molecule has 3 N–H and O–H groups in total. The van der Waals surface area contributed by atoms with Gasteiger partial charge in [-0.05, 0) is 50.3 Å². The minimum absolute atomic E-state index is 0.0351. The fourth-order valence-electron chi connectivity index (χ4n) is 1.96. The highest BCUT2D eigenvalue weighted by Gasteiger charge is 2.44. The monoisotopic (exact) mass is 233 g/mol. The van der Waals surface area contributed by atoms with Gasteiger partial charge in [0.2, 0.25) is 5.91 Å². The van der Waals surface area contributed by atoms with Crippen molar-refractivity contribution in [2.45, 2.75) is 38.3 Å². The number of rotatable bonds is 4. The molecular weight excluding hydrogens is 214 g/mol. The predicted octanol–water partition coefficient (Wildman–Crippen LogP) is 1.39. The van der Waals surface area contributed by atoms with Gasteiger partial charge in [0.1, 0.15) is 0 Å². The molecule has 4 heteroatoms. The van der Waals surface area contributed by atoms with Crippen LogP contribution in [0.4, 0.5) is 0 Å². The maximum absolute atomic E-state index is 12.1. The molecule has 1 saturated carbocycles. The highest BCUT2D eigenvalue weighted by molar-refractivity contribution is 5.86. The van der Waals surface area contributed by atoms with Gasteiger partial charge < -0.3 is 11.1 Å². The van der Waals surface area contributed by atoms with E-state index in [4.69, 9.17) is 5.73 Å². The van der Waals surface area contributed by atoms with E-state index in [9.17, 15) is 4.79 Å². The lowest BCUT2D eigenvalue weighted by Gasteiger charge is -2.25. The number of hydrogen-bond donors (Lipinski definition) is 2. The van der Waals surface area contributed by atoms with Gasteiger partial charge in [0.15, 0.2) is 0 Å².